The molecule has 2 N–H and O–H groups in total. The Hall–Kier alpha value is -2.51. The minimum absolute atomic E-state index is 0.0755. The molecule has 140 valence electrons. The van der Waals surface area contributed by atoms with Crippen molar-refractivity contribution in [2.45, 2.75) is 27.7 Å². The van der Waals surface area contributed by atoms with Crippen molar-refractivity contribution in [1.82, 2.24) is 4.98 Å². The van der Waals surface area contributed by atoms with Gasteiger partial charge in [-0.3, -0.25) is 9.59 Å². The van der Waals surface area contributed by atoms with Crippen LogP contribution < -0.4 is 10.6 Å². The SMILES string of the molecule is Cc1cc(NC(=O)C(C)(C)C)sc1C(=O)Nc1ccc(-c2nccs2)cc1. The summed E-state index contributed by atoms with van der Waals surface area (Å²) in [5, 5.41) is 9.34. The number of aryl methyl sites for hydroxylation is 1. The molecule has 0 atom stereocenters. The van der Waals surface area contributed by atoms with Crippen molar-refractivity contribution >= 4 is 45.2 Å². The van der Waals surface area contributed by atoms with Crippen LogP contribution >= 0.6 is 22.7 Å². The van der Waals surface area contributed by atoms with Crippen LogP contribution in [0.4, 0.5) is 10.7 Å². The fourth-order valence-electron chi connectivity index (χ4n) is 2.32. The quantitative estimate of drug-likeness (QED) is 0.615. The van der Waals surface area contributed by atoms with Crippen LogP contribution in [-0.4, -0.2) is 16.8 Å². The molecular formula is C20H21N3O2S2. The lowest BCUT2D eigenvalue weighted by molar-refractivity contribution is -0.123. The van der Waals surface area contributed by atoms with Gasteiger partial charge in [0.25, 0.3) is 5.91 Å². The third kappa shape index (κ3) is 4.61. The average Bonchev–Trinajstić information content (AvgIpc) is 3.24. The summed E-state index contributed by atoms with van der Waals surface area (Å²) in [4.78, 5) is 29.6. The second-order valence-electron chi connectivity index (χ2n) is 7.20. The molecule has 0 saturated carbocycles. The molecule has 0 fully saturated rings. The zero-order valence-corrected chi connectivity index (χ0v) is 17.3. The number of thiophene rings is 1. The maximum absolute atomic E-state index is 12.6. The first-order valence-corrected chi connectivity index (χ1v) is 10.2. The maximum atomic E-state index is 12.6. The van der Waals surface area contributed by atoms with Gasteiger partial charge in [-0.05, 0) is 42.8 Å². The van der Waals surface area contributed by atoms with Crippen molar-refractivity contribution < 1.29 is 9.59 Å². The number of nitrogens with zero attached hydrogens (tertiary/aromatic N) is 1. The fourth-order valence-corrected chi connectivity index (χ4v) is 3.93. The first kappa shape index (κ1) is 19.3. The zero-order chi connectivity index (χ0) is 19.6. The van der Waals surface area contributed by atoms with Crippen LogP contribution in [0.1, 0.15) is 36.0 Å². The predicted molar refractivity (Wildman–Crippen MR) is 113 cm³/mol. The monoisotopic (exact) mass is 399 g/mol. The number of rotatable bonds is 4. The minimum atomic E-state index is -0.487. The van der Waals surface area contributed by atoms with E-state index in [9.17, 15) is 9.59 Å². The number of aromatic nitrogens is 1. The summed E-state index contributed by atoms with van der Waals surface area (Å²) >= 11 is 2.85. The molecule has 0 bridgehead atoms. The summed E-state index contributed by atoms with van der Waals surface area (Å²) in [6.07, 6.45) is 1.77. The molecule has 1 aromatic carbocycles. The number of hydrogen-bond donors (Lipinski definition) is 2. The van der Waals surface area contributed by atoms with Crippen LogP contribution in [0, 0.1) is 12.3 Å². The number of nitrogens with one attached hydrogen (secondary N) is 2. The number of carbonyl (C=O) groups is 2. The van der Waals surface area contributed by atoms with Gasteiger partial charge in [0, 0.05) is 28.2 Å². The molecule has 3 aromatic rings. The summed E-state index contributed by atoms with van der Waals surface area (Å²) in [5.41, 5.74) is 2.08. The Morgan fingerprint density at radius 3 is 2.37 bits per heavy atom. The highest BCUT2D eigenvalue weighted by Crippen LogP contribution is 2.29. The van der Waals surface area contributed by atoms with Crippen LogP contribution in [0.2, 0.25) is 0 Å². The lowest BCUT2D eigenvalue weighted by Crippen LogP contribution is -2.27. The van der Waals surface area contributed by atoms with E-state index in [2.05, 4.69) is 15.6 Å². The Labute approximate surface area is 166 Å². The second-order valence-corrected chi connectivity index (χ2v) is 9.14. The van der Waals surface area contributed by atoms with Crippen molar-refractivity contribution in [2.24, 2.45) is 5.41 Å². The summed E-state index contributed by atoms with van der Waals surface area (Å²) in [6.45, 7) is 7.42. The zero-order valence-electron chi connectivity index (χ0n) is 15.6. The van der Waals surface area contributed by atoms with Crippen LogP contribution in [0.25, 0.3) is 10.6 Å². The molecule has 3 rings (SSSR count). The second kappa shape index (κ2) is 7.62. The van der Waals surface area contributed by atoms with Crippen molar-refractivity contribution in [3.8, 4) is 10.6 Å². The first-order chi connectivity index (χ1) is 12.7. The van der Waals surface area contributed by atoms with Gasteiger partial charge in [-0.25, -0.2) is 4.98 Å². The van der Waals surface area contributed by atoms with E-state index in [4.69, 9.17) is 0 Å². The Bertz CT molecular complexity index is 952. The molecule has 7 heteroatoms. The van der Waals surface area contributed by atoms with Gasteiger partial charge in [-0.1, -0.05) is 20.8 Å². The van der Waals surface area contributed by atoms with E-state index in [1.54, 1.807) is 17.5 Å². The van der Waals surface area contributed by atoms with Crippen molar-refractivity contribution in [2.75, 3.05) is 10.6 Å². The Balaban J connectivity index is 1.70. The number of hydrogen-bond acceptors (Lipinski definition) is 5. The van der Waals surface area contributed by atoms with Gasteiger partial charge in [-0.2, -0.15) is 0 Å². The molecule has 27 heavy (non-hydrogen) atoms. The third-order valence-electron chi connectivity index (χ3n) is 3.86. The molecule has 2 amide bonds. The Kier molecular flexibility index (Phi) is 5.43. The van der Waals surface area contributed by atoms with Crippen molar-refractivity contribution in [3.05, 3.63) is 52.3 Å². The fraction of sp³-hybridized carbons (Fsp3) is 0.250. The highest BCUT2D eigenvalue weighted by molar-refractivity contribution is 7.18. The highest BCUT2D eigenvalue weighted by Gasteiger charge is 2.23. The van der Waals surface area contributed by atoms with Crippen LogP contribution in [-0.2, 0) is 4.79 Å². The normalized spacial score (nSPS) is 11.3. The van der Waals surface area contributed by atoms with E-state index < -0.39 is 5.41 Å². The molecule has 0 aliphatic rings. The van der Waals surface area contributed by atoms with Crippen LogP contribution in [0.15, 0.2) is 41.9 Å². The summed E-state index contributed by atoms with van der Waals surface area (Å²) in [5.74, 6) is -0.260. The molecule has 2 aromatic heterocycles. The van der Waals surface area contributed by atoms with Crippen molar-refractivity contribution in [3.63, 3.8) is 0 Å². The van der Waals surface area contributed by atoms with E-state index in [1.165, 1.54) is 11.3 Å². The van der Waals surface area contributed by atoms with Gasteiger partial charge in [0.05, 0.1) is 9.88 Å². The van der Waals surface area contributed by atoms with E-state index in [-0.39, 0.29) is 11.8 Å². The van der Waals surface area contributed by atoms with Gasteiger partial charge < -0.3 is 10.6 Å². The summed E-state index contributed by atoms with van der Waals surface area (Å²) in [6, 6.07) is 9.42. The Morgan fingerprint density at radius 1 is 1.07 bits per heavy atom. The summed E-state index contributed by atoms with van der Waals surface area (Å²) in [7, 11) is 0. The topological polar surface area (TPSA) is 71.1 Å². The minimum Gasteiger partial charge on any atom is -0.321 e. The average molecular weight is 400 g/mol. The number of amides is 2. The van der Waals surface area contributed by atoms with Crippen molar-refractivity contribution in [1.29, 1.82) is 0 Å². The molecule has 0 spiro atoms. The number of thiazole rings is 1. The van der Waals surface area contributed by atoms with E-state index in [0.717, 1.165) is 16.1 Å². The lowest BCUT2D eigenvalue weighted by Gasteiger charge is -2.16. The number of carbonyl (C=O) groups excluding carboxylic acids is 2. The molecule has 2 heterocycles. The third-order valence-corrected chi connectivity index (χ3v) is 5.84. The maximum Gasteiger partial charge on any atom is 0.266 e. The molecular weight excluding hydrogens is 378 g/mol. The van der Waals surface area contributed by atoms with Crippen LogP contribution in [0.5, 0.6) is 0 Å². The molecule has 0 radical (unpaired) electrons. The summed E-state index contributed by atoms with van der Waals surface area (Å²) < 4.78 is 0. The molecule has 0 unspecified atom stereocenters. The van der Waals surface area contributed by atoms with E-state index >= 15 is 0 Å². The molecule has 0 aliphatic carbocycles. The molecule has 0 saturated heterocycles. The van der Waals surface area contributed by atoms with Gasteiger partial charge >= 0.3 is 0 Å². The predicted octanol–water partition coefficient (Wildman–Crippen LogP) is 5.42. The van der Waals surface area contributed by atoms with Gasteiger partial charge in [-0.15, -0.1) is 22.7 Å². The standard InChI is InChI=1S/C20H21N3O2S2/c1-12-11-15(23-19(25)20(2,3)4)27-16(12)17(24)22-14-7-5-13(6-8-14)18-21-9-10-26-18/h5-11H,1-4H3,(H,22,24)(H,23,25). The molecule has 5 nitrogen and oxygen atoms in total. The highest BCUT2D eigenvalue weighted by atomic mass is 32.1. The van der Waals surface area contributed by atoms with Gasteiger partial charge in [0.2, 0.25) is 5.91 Å². The molecule has 0 aliphatic heterocycles. The van der Waals surface area contributed by atoms with Gasteiger partial charge in [0.15, 0.2) is 0 Å². The smallest absolute Gasteiger partial charge is 0.266 e. The van der Waals surface area contributed by atoms with E-state index in [0.29, 0.717) is 15.6 Å². The van der Waals surface area contributed by atoms with Gasteiger partial charge in [0.1, 0.15) is 5.01 Å². The first-order valence-electron chi connectivity index (χ1n) is 8.47. The largest absolute Gasteiger partial charge is 0.321 e. The number of benzene rings is 1. The number of anilines is 2. The Morgan fingerprint density at radius 2 is 1.78 bits per heavy atom. The lowest BCUT2D eigenvalue weighted by atomic mass is 9.96. The van der Waals surface area contributed by atoms with Crippen LogP contribution in [0.3, 0.4) is 0 Å². The van der Waals surface area contributed by atoms with E-state index in [1.807, 2.05) is 63.4 Å².